The first-order valence-corrected chi connectivity index (χ1v) is 12.7. The quantitative estimate of drug-likeness (QED) is 0.566. The van der Waals surface area contributed by atoms with Gasteiger partial charge in [0.05, 0.1) is 17.9 Å². The number of rotatable bonds is 9. The standard InChI is InChI=1S/C23H28ClN3O5S/c1-4-26(5-2)33(30,31)21-15-17(10-12-20(21)32-6-3)25-23(29)18-11-9-16(24)14-19(18)27-13-7-8-22(27)28/h9-12,14-15H,4-8,13H2,1-3H3,(H,25,29). The minimum atomic E-state index is -3.82. The third kappa shape index (κ3) is 5.31. The maximum Gasteiger partial charge on any atom is 0.257 e. The topological polar surface area (TPSA) is 96.0 Å². The van der Waals surface area contributed by atoms with Crippen LogP contribution in [0.2, 0.25) is 5.02 Å². The lowest BCUT2D eigenvalue weighted by molar-refractivity contribution is -0.117. The zero-order chi connectivity index (χ0) is 24.2. The molecule has 8 nitrogen and oxygen atoms in total. The number of carbonyl (C=O) groups is 2. The highest BCUT2D eigenvalue weighted by Gasteiger charge is 2.28. The van der Waals surface area contributed by atoms with Crippen molar-refractivity contribution in [3.05, 3.63) is 47.0 Å². The van der Waals surface area contributed by atoms with Crippen molar-refractivity contribution in [1.82, 2.24) is 4.31 Å². The molecular formula is C23H28ClN3O5S. The van der Waals surface area contributed by atoms with Crippen molar-refractivity contribution < 1.29 is 22.7 Å². The van der Waals surface area contributed by atoms with Crippen molar-refractivity contribution >= 4 is 44.8 Å². The Morgan fingerprint density at radius 2 is 1.88 bits per heavy atom. The first kappa shape index (κ1) is 25.0. The number of benzene rings is 2. The average Bonchev–Trinajstić information content (AvgIpc) is 3.21. The van der Waals surface area contributed by atoms with E-state index >= 15 is 0 Å². The smallest absolute Gasteiger partial charge is 0.257 e. The molecule has 33 heavy (non-hydrogen) atoms. The second-order valence-electron chi connectivity index (χ2n) is 7.45. The van der Waals surface area contributed by atoms with Gasteiger partial charge in [0.25, 0.3) is 5.91 Å². The summed E-state index contributed by atoms with van der Waals surface area (Å²) in [5, 5.41) is 3.17. The third-order valence-corrected chi connectivity index (χ3v) is 7.70. The van der Waals surface area contributed by atoms with Gasteiger partial charge in [-0.1, -0.05) is 25.4 Å². The maximum atomic E-state index is 13.2. The Morgan fingerprint density at radius 1 is 1.15 bits per heavy atom. The van der Waals surface area contributed by atoms with Gasteiger partial charge in [-0.05, 0) is 49.7 Å². The summed E-state index contributed by atoms with van der Waals surface area (Å²) in [7, 11) is -3.82. The summed E-state index contributed by atoms with van der Waals surface area (Å²) in [5.41, 5.74) is 1.00. The zero-order valence-electron chi connectivity index (χ0n) is 18.9. The normalized spacial score (nSPS) is 14.1. The number of hydrogen-bond donors (Lipinski definition) is 1. The molecule has 0 saturated carbocycles. The van der Waals surface area contributed by atoms with E-state index in [1.54, 1.807) is 49.9 Å². The molecule has 1 aliphatic rings. The SMILES string of the molecule is CCOc1ccc(NC(=O)c2ccc(Cl)cc2N2CCCC2=O)cc1S(=O)(=O)N(CC)CC. The fraction of sp³-hybridized carbons (Fsp3) is 0.391. The number of sulfonamides is 1. The molecule has 1 aliphatic heterocycles. The lowest BCUT2D eigenvalue weighted by Gasteiger charge is -2.22. The van der Waals surface area contributed by atoms with Gasteiger partial charge >= 0.3 is 0 Å². The highest BCUT2D eigenvalue weighted by Crippen LogP contribution is 2.32. The van der Waals surface area contributed by atoms with E-state index in [-0.39, 0.29) is 22.1 Å². The van der Waals surface area contributed by atoms with Crippen LogP contribution in [0.3, 0.4) is 0 Å². The van der Waals surface area contributed by atoms with Crippen LogP contribution in [0, 0.1) is 0 Å². The highest BCUT2D eigenvalue weighted by molar-refractivity contribution is 7.89. The highest BCUT2D eigenvalue weighted by atomic mass is 35.5. The van der Waals surface area contributed by atoms with Crippen LogP contribution in [0.25, 0.3) is 0 Å². The summed E-state index contributed by atoms with van der Waals surface area (Å²) in [6, 6.07) is 9.24. The van der Waals surface area contributed by atoms with Crippen molar-refractivity contribution in [3.63, 3.8) is 0 Å². The first-order chi connectivity index (χ1) is 15.7. The molecule has 0 spiro atoms. The summed E-state index contributed by atoms with van der Waals surface area (Å²) in [4.78, 5) is 26.9. The first-order valence-electron chi connectivity index (χ1n) is 10.9. The second kappa shape index (κ2) is 10.5. The van der Waals surface area contributed by atoms with E-state index < -0.39 is 15.9 Å². The largest absolute Gasteiger partial charge is 0.492 e. The van der Waals surface area contributed by atoms with Crippen molar-refractivity contribution in [2.75, 3.05) is 36.5 Å². The van der Waals surface area contributed by atoms with E-state index in [0.717, 1.165) is 0 Å². The van der Waals surface area contributed by atoms with Crippen molar-refractivity contribution in [3.8, 4) is 5.75 Å². The van der Waals surface area contributed by atoms with E-state index in [0.29, 0.717) is 55.5 Å². The van der Waals surface area contributed by atoms with Gasteiger partial charge in [-0.15, -0.1) is 0 Å². The molecule has 0 bridgehead atoms. The lowest BCUT2D eigenvalue weighted by atomic mass is 10.1. The van der Waals surface area contributed by atoms with E-state index in [2.05, 4.69) is 5.32 Å². The van der Waals surface area contributed by atoms with Crippen LogP contribution in [0.5, 0.6) is 5.75 Å². The molecular weight excluding hydrogens is 466 g/mol. The number of hydrogen-bond acceptors (Lipinski definition) is 5. The molecule has 2 amide bonds. The number of carbonyl (C=O) groups excluding carboxylic acids is 2. The Morgan fingerprint density at radius 3 is 2.48 bits per heavy atom. The Kier molecular flexibility index (Phi) is 7.99. The fourth-order valence-electron chi connectivity index (χ4n) is 3.79. The predicted molar refractivity (Wildman–Crippen MR) is 129 cm³/mol. The van der Waals surface area contributed by atoms with Gasteiger partial charge in [-0.2, -0.15) is 4.31 Å². The minimum Gasteiger partial charge on any atom is -0.492 e. The monoisotopic (exact) mass is 493 g/mol. The molecule has 0 radical (unpaired) electrons. The number of ether oxygens (including phenoxy) is 1. The summed E-state index contributed by atoms with van der Waals surface area (Å²) >= 11 is 6.13. The number of nitrogens with one attached hydrogen (secondary N) is 1. The van der Waals surface area contributed by atoms with Gasteiger partial charge in [-0.25, -0.2) is 8.42 Å². The van der Waals surface area contributed by atoms with Crippen LogP contribution in [0.1, 0.15) is 44.0 Å². The molecule has 0 unspecified atom stereocenters. The Balaban J connectivity index is 1.98. The summed E-state index contributed by atoms with van der Waals surface area (Å²) < 4.78 is 33.2. The van der Waals surface area contributed by atoms with E-state index in [1.807, 2.05) is 0 Å². The van der Waals surface area contributed by atoms with Crippen molar-refractivity contribution in [1.29, 1.82) is 0 Å². The summed E-state index contributed by atoms with van der Waals surface area (Å²) in [6.45, 7) is 6.70. The molecule has 2 aromatic carbocycles. The molecule has 1 N–H and O–H groups in total. The van der Waals surface area contributed by atoms with Gasteiger partial charge in [0.2, 0.25) is 15.9 Å². The number of halogens is 1. The summed E-state index contributed by atoms with van der Waals surface area (Å²) in [6.07, 6.45) is 1.12. The third-order valence-electron chi connectivity index (χ3n) is 5.39. The van der Waals surface area contributed by atoms with Gasteiger partial charge in [0.1, 0.15) is 10.6 Å². The minimum absolute atomic E-state index is 0.0168. The van der Waals surface area contributed by atoms with Gasteiger partial charge in [0.15, 0.2) is 0 Å². The number of anilines is 2. The van der Waals surface area contributed by atoms with E-state index in [1.165, 1.54) is 16.4 Å². The van der Waals surface area contributed by atoms with Crippen LogP contribution >= 0.6 is 11.6 Å². The molecule has 3 rings (SSSR count). The molecule has 1 saturated heterocycles. The Labute approximate surface area is 199 Å². The molecule has 0 aliphatic carbocycles. The van der Waals surface area contributed by atoms with Crippen molar-refractivity contribution in [2.45, 2.75) is 38.5 Å². The Bertz CT molecular complexity index is 1150. The van der Waals surface area contributed by atoms with Gasteiger partial charge in [-0.3, -0.25) is 9.59 Å². The number of nitrogens with zero attached hydrogens (tertiary/aromatic N) is 2. The van der Waals surface area contributed by atoms with E-state index in [4.69, 9.17) is 16.3 Å². The van der Waals surface area contributed by atoms with Gasteiger partial charge in [0, 0.05) is 36.8 Å². The molecule has 0 atom stereocenters. The average molecular weight is 494 g/mol. The molecule has 2 aromatic rings. The van der Waals surface area contributed by atoms with Crippen LogP contribution in [-0.2, 0) is 14.8 Å². The van der Waals surface area contributed by atoms with E-state index in [9.17, 15) is 18.0 Å². The van der Waals surface area contributed by atoms with Crippen LogP contribution in [0.4, 0.5) is 11.4 Å². The number of amides is 2. The van der Waals surface area contributed by atoms with Crippen LogP contribution in [0.15, 0.2) is 41.3 Å². The molecule has 10 heteroatoms. The molecule has 1 heterocycles. The van der Waals surface area contributed by atoms with Gasteiger partial charge < -0.3 is 15.0 Å². The molecule has 0 aromatic heterocycles. The Hall–Kier alpha value is -2.62. The van der Waals surface area contributed by atoms with Crippen molar-refractivity contribution in [2.24, 2.45) is 0 Å². The second-order valence-corrected chi connectivity index (χ2v) is 9.79. The molecule has 1 fully saturated rings. The fourth-order valence-corrected chi connectivity index (χ4v) is 5.57. The van der Waals surface area contributed by atoms with Crippen LogP contribution < -0.4 is 15.0 Å². The summed E-state index contributed by atoms with van der Waals surface area (Å²) in [5.74, 6) is -0.325. The predicted octanol–water partition coefficient (Wildman–Crippen LogP) is 4.15. The molecule has 178 valence electrons. The van der Waals surface area contributed by atoms with Crippen LogP contribution in [-0.4, -0.2) is 50.8 Å². The maximum absolute atomic E-state index is 13.2. The zero-order valence-corrected chi connectivity index (χ0v) is 20.5. The lowest BCUT2D eigenvalue weighted by Crippen LogP contribution is -2.31.